The van der Waals surface area contributed by atoms with E-state index in [9.17, 15) is 18.0 Å². The molecule has 154 valence electrons. The number of rotatable bonds is 6. The molecule has 9 heteroatoms. The summed E-state index contributed by atoms with van der Waals surface area (Å²) in [6.07, 6.45) is 3.45. The fourth-order valence-corrected chi connectivity index (χ4v) is 5.62. The molecule has 1 aliphatic carbocycles. The standard InChI is InChI=1S/C20H23N3O4S2/c24-19(15-10-12-28-13-15)22-29(26,27)23-11-4-3-7-18(23)21-20(25)17-6-2-1-5-16(17)14-8-9-14/h1-2,5-6,10,12-14,18H,3-4,7-9,11H2,(H,21,25)(H,22,24). The SMILES string of the molecule is O=C(NS(=O)(=O)N1CCCCC1NC(=O)c1ccccc1C1CC1)c1ccsc1. The minimum Gasteiger partial charge on any atom is -0.335 e. The van der Waals surface area contributed by atoms with Crippen molar-refractivity contribution in [3.63, 3.8) is 0 Å². The molecule has 0 bridgehead atoms. The summed E-state index contributed by atoms with van der Waals surface area (Å²) in [5.74, 6) is -0.530. The van der Waals surface area contributed by atoms with Crippen molar-refractivity contribution in [3.05, 3.63) is 57.8 Å². The number of benzene rings is 1. The molecule has 0 radical (unpaired) electrons. The summed E-state index contributed by atoms with van der Waals surface area (Å²) in [5.41, 5.74) is 1.91. The number of carbonyl (C=O) groups excluding carboxylic acids is 2. The fourth-order valence-electron chi connectivity index (χ4n) is 3.65. The maximum Gasteiger partial charge on any atom is 0.305 e. The summed E-state index contributed by atoms with van der Waals surface area (Å²) in [7, 11) is -4.08. The average molecular weight is 434 g/mol. The Morgan fingerprint density at radius 2 is 1.83 bits per heavy atom. The first kappa shape index (κ1) is 20.1. The smallest absolute Gasteiger partial charge is 0.305 e. The number of carbonyl (C=O) groups is 2. The van der Waals surface area contributed by atoms with Crippen molar-refractivity contribution in [1.29, 1.82) is 0 Å². The monoisotopic (exact) mass is 433 g/mol. The van der Waals surface area contributed by atoms with Crippen LogP contribution in [0.3, 0.4) is 0 Å². The highest BCUT2D eigenvalue weighted by molar-refractivity contribution is 7.87. The lowest BCUT2D eigenvalue weighted by Crippen LogP contribution is -2.56. The van der Waals surface area contributed by atoms with Gasteiger partial charge in [0.25, 0.3) is 11.8 Å². The number of hydrogen-bond donors (Lipinski definition) is 2. The summed E-state index contributed by atoms with van der Waals surface area (Å²) >= 11 is 1.32. The highest BCUT2D eigenvalue weighted by atomic mass is 32.2. The molecule has 0 spiro atoms. The molecule has 2 amide bonds. The van der Waals surface area contributed by atoms with Crippen LogP contribution in [0.1, 0.15) is 64.3 Å². The molecular formula is C20H23N3O4S2. The van der Waals surface area contributed by atoms with Crippen LogP contribution in [0.25, 0.3) is 0 Å². The Morgan fingerprint density at radius 3 is 2.55 bits per heavy atom. The molecule has 2 fully saturated rings. The first-order chi connectivity index (χ1) is 14.0. The Labute approximate surface area is 174 Å². The Kier molecular flexibility index (Phi) is 5.71. The molecule has 29 heavy (non-hydrogen) atoms. The Balaban J connectivity index is 1.50. The first-order valence-electron chi connectivity index (χ1n) is 9.71. The molecular weight excluding hydrogens is 410 g/mol. The van der Waals surface area contributed by atoms with Gasteiger partial charge in [0, 0.05) is 17.5 Å². The Bertz CT molecular complexity index is 1000. The van der Waals surface area contributed by atoms with E-state index in [2.05, 4.69) is 10.0 Å². The zero-order valence-electron chi connectivity index (χ0n) is 15.8. The van der Waals surface area contributed by atoms with Gasteiger partial charge in [0.2, 0.25) is 0 Å². The molecule has 2 heterocycles. The van der Waals surface area contributed by atoms with E-state index in [4.69, 9.17) is 0 Å². The molecule has 2 aliphatic rings. The Hall–Kier alpha value is -2.23. The van der Waals surface area contributed by atoms with E-state index in [-0.39, 0.29) is 12.5 Å². The van der Waals surface area contributed by atoms with Gasteiger partial charge in [-0.1, -0.05) is 18.2 Å². The summed E-state index contributed by atoms with van der Waals surface area (Å²) in [4.78, 5) is 25.2. The highest BCUT2D eigenvalue weighted by Crippen LogP contribution is 2.41. The number of nitrogens with one attached hydrogen (secondary N) is 2. The molecule has 1 saturated heterocycles. The van der Waals surface area contributed by atoms with Crippen molar-refractivity contribution in [1.82, 2.24) is 14.3 Å². The van der Waals surface area contributed by atoms with Gasteiger partial charge in [-0.05, 0) is 61.1 Å². The van der Waals surface area contributed by atoms with Crippen LogP contribution >= 0.6 is 11.3 Å². The van der Waals surface area contributed by atoms with Crippen LogP contribution < -0.4 is 10.0 Å². The van der Waals surface area contributed by atoms with Gasteiger partial charge in [-0.2, -0.15) is 24.1 Å². The van der Waals surface area contributed by atoms with Crippen LogP contribution in [0.5, 0.6) is 0 Å². The molecule has 1 unspecified atom stereocenters. The zero-order chi connectivity index (χ0) is 20.4. The lowest BCUT2D eigenvalue weighted by molar-refractivity contribution is 0.0881. The summed E-state index contributed by atoms with van der Waals surface area (Å²) in [6.45, 7) is 0.251. The molecule has 2 aromatic rings. The van der Waals surface area contributed by atoms with Gasteiger partial charge < -0.3 is 5.32 Å². The third kappa shape index (κ3) is 4.52. The first-order valence-corrected chi connectivity index (χ1v) is 12.1. The van der Waals surface area contributed by atoms with Gasteiger partial charge in [0.05, 0.1) is 11.7 Å². The zero-order valence-corrected chi connectivity index (χ0v) is 17.5. The number of nitrogens with zero attached hydrogens (tertiary/aromatic N) is 1. The fraction of sp³-hybridized carbons (Fsp3) is 0.400. The van der Waals surface area contributed by atoms with E-state index >= 15 is 0 Å². The maximum atomic E-state index is 12.9. The van der Waals surface area contributed by atoms with Crippen LogP contribution in [0, 0.1) is 0 Å². The number of amides is 2. The van der Waals surface area contributed by atoms with E-state index in [1.54, 1.807) is 22.9 Å². The topological polar surface area (TPSA) is 95.6 Å². The highest BCUT2D eigenvalue weighted by Gasteiger charge is 2.35. The van der Waals surface area contributed by atoms with Gasteiger partial charge in [0.15, 0.2) is 0 Å². The minimum absolute atomic E-state index is 0.251. The van der Waals surface area contributed by atoms with Crippen molar-refractivity contribution in [3.8, 4) is 0 Å². The van der Waals surface area contributed by atoms with Gasteiger partial charge in [-0.3, -0.25) is 9.59 Å². The lowest BCUT2D eigenvalue weighted by Gasteiger charge is -2.34. The van der Waals surface area contributed by atoms with Crippen LogP contribution in [-0.4, -0.2) is 37.2 Å². The molecule has 7 nitrogen and oxygen atoms in total. The van der Waals surface area contributed by atoms with Gasteiger partial charge in [-0.25, -0.2) is 4.72 Å². The normalized spacial score (nSPS) is 20.2. The molecule has 4 rings (SSSR count). The van der Waals surface area contributed by atoms with Crippen molar-refractivity contribution in [2.24, 2.45) is 0 Å². The van der Waals surface area contributed by atoms with Crippen molar-refractivity contribution in [2.45, 2.75) is 44.2 Å². The molecule has 1 aromatic carbocycles. The van der Waals surface area contributed by atoms with Gasteiger partial charge in [-0.15, -0.1) is 0 Å². The van der Waals surface area contributed by atoms with Crippen LogP contribution in [0.2, 0.25) is 0 Å². The van der Waals surface area contributed by atoms with E-state index in [0.717, 1.165) is 24.8 Å². The van der Waals surface area contributed by atoms with Gasteiger partial charge >= 0.3 is 10.2 Å². The second kappa shape index (κ2) is 8.25. The minimum atomic E-state index is -4.08. The predicted octanol–water partition coefficient (Wildman–Crippen LogP) is 2.84. The average Bonchev–Trinajstić information content (AvgIpc) is 3.41. The lowest BCUT2D eigenvalue weighted by atomic mass is 10.0. The van der Waals surface area contributed by atoms with Crippen molar-refractivity contribution >= 4 is 33.4 Å². The van der Waals surface area contributed by atoms with Crippen LogP contribution in [0.15, 0.2) is 41.1 Å². The maximum absolute atomic E-state index is 12.9. The summed E-state index contributed by atoms with van der Waals surface area (Å²) in [5, 5.41) is 6.18. The second-order valence-corrected chi connectivity index (χ2v) is 9.81. The number of hydrogen-bond acceptors (Lipinski definition) is 5. The number of thiophene rings is 1. The van der Waals surface area contributed by atoms with Gasteiger partial charge in [0.1, 0.15) is 0 Å². The van der Waals surface area contributed by atoms with E-state index in [1.165, 1.54) is 15.6 Å². The van der Waals surface area contributed by atoms with E-state index in [1.807, 2.05) is 18.2 Å². The summed E-state index contributed by atoms with van der Waals surface area (Å²) < 4.78 is 29.0. The second-order valence-electron chi connectivity index (χ2n) is 7.41. The predicted molar refractivity (Wildman–Crippen MR) is 111 cm³/mol. The third-order valence-electron chi connectivity index (χ3n) is 5.29. The molecule has 2 N–H and O–H groups in total. The molecule has 1 aliphatic heterocycles. The van der Waals surface area contributed by atoms with Crippen molar-refractivity contribution in [2.75, 3.05) is 6.54 Å². The molecule has 1 saturated carbocycles. The molecule has 1 aromatic heterocycles. The van der Waals surface area contributed by atoms with Crippen LogP contribution in [-0.2, 0) is 10.2 Å². The number of piperidine rings is 1. The quantitative estimate of drug-likeness (QED) is 0.732. The Morgan fingerprint density at radius 1 is 1.03 bits per heavy atom. The van der Waals surface area contributed by atoms with E-state index in [0.29, 0.717) is 29.9 Å². The van der Waals surface area contributed by atoms with Crippen LogP contribution in [0.4, 0.5) is 0 Å². The van der Waals surface area contributed by atoms with Crippen molar-refractivity contribution < 1.29 is 18.0 Å². The largest absolute Gasteiger partial charge is 0.335 e. The molecule has 1 atom stereocenters. The van der Waals surface area contributed by atoms with E-state index < -0.39 is 22.3 Å². The third-order valence-corrected chi connectivity index (χ3v) is 7.47. The summed E-state index contributed by atoms with van der Waals surface area (Å²) in [6, 6.07) is 9.05.